The van der Waals surface area contributed by atoms with Crippen molar-refractivity contribution in [1.82, 2.24) is 0 Å². The molecule has 0 unspecified atom stereocenters. The number of benzene rings is 2. The van der Waals surface area contributed by atoms with E-state index in [9.17, 15) is 10.1 Å². The average Bonchev–Trinajstić information content (AvgIpc) is 2.71. The van der Waals surface area contributed by atoms with Gasteiger partial charge in [-0.25, -0.2) is 0 Å². The van der Waals surface area contributed by atoms with Crippen LogP contribution >= 0.6 is 0 Å². The monoisotopic (exact) mass is 260 g/mol. The van der Waals surface area contributed by atoms with E-state index in [0.717, 1.165) is 11.1 Å². The van der Waals surface area contributed by atoms with Crippen LogP contribution in [0.1, 0.15) is 27.0 Å². The second-order valence-corrected chi connectivity index (χ2v) is 4.71. The van der Waals surface area contributed by atoms with Gasteiger partial charge in [-0.05, 0) is 24.6 Å². The van der Waals surface area contributed by atoms with Gasteiger partial charge in [-0.3, -0.25) is 9.69 Å². The summed E-state index contributed by atoms with van der Waals surface area (Å²) < 4.78 is 0. The van der Waals surface area contributed by atoms with Crippen molar-refractivity contribution in [2.75, 3.05) is 4.90 Å². The van der Waals surface area contributed by atoms with E-state index in [-0.39, 0.29) is 5.91 Å². The summed E-state index contributed by atoms with van der Waals surface area (Å²) >= 11 is 0. The van der Waals surface area contributed by atoms with E-state index in [0.29, 0.717) is 22.5 Å². The van der Waals surface area contributed by atoms with Crippen molar-refractivity contribution >= 4 is 17.3 Å². The zero-order valence-electron chi connectivity index (χ0n) is 11.1. The molecule has 0 aliphatic carbocycles. The van der Waals surface area contributed by atoms with E-state index in [1.807, 2.05) is 37.3 Å². The molecule has 96 valence electrons. The number of rotatable bonds is 1. The summed E-state index contributed by atoms with van der Waals surface area (Å²) in [7, 11) is 0. The molecule has 0 spiro atoms. The van der Waals surface area contributed by atoms with Gasteiger partial charge in [0.25, 0.3) is 5.91 Å². The summed E-state index contributed by atoms with van der Waals surface area (Å²) in [6.45, 7) is 5.86. The predicted molar refractivity (Wildman–Crippen MR) is 78.2 cm³/mol. The third kappa shape index (κ3) is 1.55. The van der Waals surface area contributed by atoms with E-state index >= 15 is 0 Å². The van der Waals surface area contributed by atoms with Crippen LogP contribution < -0.4 is 4.90 Å². The van der Waals surface area contributed by atoms with Crippen molar-refractivity contribution < 1.29 is 4.79 Å². The fourth-order valence-corrected chi connectivity index (χ4v) is 2.52. The van der Waals surface area contributed by atoms with Gasteiger partial charge in [0.2, 0.25) is 0 Å². The second-order valence-electron chi connectivity index (χ2n) is 4.71. The Morgan fingerprint density at radius 3 is 2.45 bits per heavy atom. The molecule has 1 heterocycles. The molecule has 0 atom stereocenters. The molecule has 1 aliphatic rings. The molecule has 2 aromatic carbocycles. The van der Waals surface area contributed by atoms with Crippen molar-refractivity contribution in [1.29, 1.82) is 5.26 Å². The molecule has 1 aliphatic heterocycles. The van der Waals surface area contributed by atoms with E-state index in [1.54, 1.807) is 12.1 Å². The Hall–Kier alpha value is -2.86. The van der Waals surface area contributed by atoms with E-state index in [1.165, 1.54) is 4.90 Å². The highest BCUT2D eigenvalue weighted by molar-refractivity contribution is 6.22. The van der Waals surface area contributed by atoms with Crippen LogP contribution in [0.3, 0.4) is 0 Å². The smallest absolute Gasteiger partial charge is 0.263 e. The number of anilines is 1. The first-order valence-electron chi connectivity index (χ1n) is 6.27. The lowest BCUT2D eigenvalue weighted by Crippen LogP contribution is -2.23. The van der Waals surface area contributed by atoms with Gasteiger partial charge in [0.1, 0.15) is 6.07 Å². The highest BCUT2D eigenvalue weighted by atomic mass is 16.2. The van der Waals surface area contributed by atoms with Crippen LogP contribution in [0.15, 0.2) is 49.0 Å². The molecule has 0 N–H and O–H groups in total. The Bertz CT molecular complexity index is 749. The highest BCUT2D eigenvalue weighted by Crippen LogP contribution is 2.37. The molecular weight excluding hydrogens is 248 g/mol. The Balaban J connectivity index is 2.20. The third-order valence-corrected chi connectivity index (χ3v) is 3.54. The zero-order valence-corrected chi connectivity index (χ0v) is 11.1. The molecule has 0 saturated heterocycles. The molecule has 0 saturated carbocycles. The maximum absolute atomic E-state index is 12.5. The summed E-state index contributed by atoms with van der Waals surface area (Å²) in [5.41, 5.74) is 4.02. The summed E-state index contributed by atoms with van der Waals surface area (Å²) in [4.78, 5) is 14.1. The van der Waals surface area contributed by atoms with E-state index in [2.05, 4.69) is 12.6 Å². The number of carbonyl (C=O) groups is 1. The molecule has 0 aromatic heterocycles. The molecule has 3 rings (SSSR count). The van der Waals surface area contributed by atoms with Crippen molar-refractivity contribution in [3.8, 4) is 6.07 Å². The average molecular weight is 260 g/mol. The normalized spacial score (nSPS) is 13.3. The number of hydrogen-bond donors (Lipinski definition) is 0. The van der Waals surface area contributed by atoms with Crippen LogP contribution in [-0.2, 0) is 0 Å². The Labute approximate surface area is 117 Å². The van der Waals surface area contributed by atoms with Crippen LogP contribution in [0, 0.1) is 18.3 Å². The number of hydrogen-bond acceptors (Lipinski definition) is 2. The van der Waals surface area contributed by atoms with Crippen molar-refractivity contribution in [2.45, 2.75) is 6.92 Å². The molecule has 0 fully saturated rings. The molecule has 3 nitrogen and oxygen atoms in total. The topological polar surface area (TPSA) is 44.1 Å². The quantitative estimate of drug-likeness (QED) is 0.787. The molecule has 1 amide bonds. The summed E-state index contributed by atoms with van der Waals surface area (Å²) in [6, 6.07) is 15.0. The van der Waals surface area contributed by atoms with E-state index < -0.39 is 0 Å². The molecule has 0 radical (unpaired) electrons. The Morgan fingerprint density at radius 2 is 1.80 bits per heavy atom. The molecule has 0 bridgehead atoms. The molecule has 3 heteroatoms. The van der Waals surface area contributed by atoms with Gasteiger partial charge in [0, 0.05) is 11.1 Å². The first kappa shape index (κ1) is 12.2. The minimum Gasteiger partial charge on any atom is -0.276 e. The third-order valence-electron chi connectivity index (χ3n) is 3.54. The molecule has 20 heavy (non-hydrogen) atoms. The van der Waals surface area contributed by atoms with Gasteiger partial charge in [-0.15, -0.1) is 0 Å². The SMILES string of the molecule is C=C1c2ccccc2C(=O)N1c1cccc(C)c1C#N. The zero-order chi connectivity index (χ0) is 14.3. The fraction of sp³-hybridized carbons (Fsp3) is 0.0588. The van der Waals surface area contributed by atoms with Crippen LogP contribution in [0.2, 0.25) is 0 Å². The van der Waals surface area contributed by atoms with Gasteiger partial charge in [-0.2, -0.15) is 5.26 Å². The number of fused-ring (bicyclic) bond motifs is 1. The van der Waals surface area contributed by atoms with Crippen LogP contribution in [-0.4, -0.2) is 5.91 Å². The summed E-state index contributed by atoms with van der Waals surface area (Å²) in [5.74, 6) is -0.132. The second kappa shape index (κ2) is 4.36. The van der Waals surface area contributed by atoms with Gasteiger partial charge < -0.3 is 0 Å². The summed E-state index contributed by atoms with van der Waals surface area (Å²) in [6.07, 6.45) is 0. The maximum atomic E-state index is 12.5. The minimum absolute atomic E-state index is 0.132. The predicted octanol–water partition coefficient (Wildman–Crippen LogP) is 3.50. The van der Waals surface area contributed by atoms with Gasteiger partial charge in [0.05, 0.1) is 16.9 Å². The number of nitrogens with zero attached hydrogens (tertiary/aromatic N) is 2. The van der Waals surface area contributed by atoms with Gasteiger partial charge in [0.15, 0.2) is 0 Å². The highest BCUT2D eigenvalue weighted by Gasteiger charge is 2.33. The lowest BCUT2D eigenvalue weighted by atomic mass is 10.1. The van der Waals surface area contributed by atoms with Crippen LogP contribution in [0.4, 0.5) is 5.69 Å². The van der Waals surface area contributed by atoms with Gasteiger partial charge >= 0.3 is 0 Å². The number of nitriles is 1. The van der Waals surface area contributed by atoms with E-state index in [4.69, 9.17) is 0 Å². The maximum Gasteiger partial charge on any atom is 0.263 e. The summed E-state index contributed by atoms with van der Waals surface area (Å²) in [5, 5.41) is 9.33. The first-order chi connectivity index (χ1) is 9.65. The Kier molecular flexibility index (Phi) is 2.66. The van der Waals surface area contributed by atoms with Crippen LogP contribution in [0.5, 0.6) is 0 Å². The lowest BCUT2D eigenvalue weighted by molar-refractivity contribution is 0.101. The van der Waals surface area contributed by atoms with Crippen molar-refractivity contribution in [3.05, 3.63) is 71.3 Å². The standard InChI is InChI=1S/C17H12N2O/c1-11-6-5-9-16(15(11)10-18)19-12(2)13-7-3-4-8-14(13)17(19)20/h3-9H,2H2,1H3. The van der Waals surface area contributed by atoms with Crippen molar-refractivity contribution in [3.63, 3.8) is 0 Å². The lowest BCUT2D eigenvalue weighted by Gasteiger charge is -2.19. The number of aryl methyl sites for hydroxylation is 1. The number of carbonyl (C=O) groups excluding carboxylic acids is 1. The Morgan fingerprint density at radius 1 is 1.10 bits per heavy atom. The first-order valence-corrected chi connectivity index (χ1v) is 6.27. The molecular formula is C17H12N2O. The van der Waals surface area contributed by atoms with Gasteiger partial charge in [-0.1, -0.05) is 36.9 Å². The van der Waals surface area contributed by atoms with Crippen molar-refractivity contribution in [2.24, 2.45) is 0 Å². The number of amides is 1. The fourth-order valence-electron chi connectivity index (χ4n) is 2.52. The minimum atomic E-state index is -0.132. The van der Waals surface area contributed by atoms with Crippen LogP contribution in [0.25, 0.3) is 5.70 Å². The molecule has 2 aromatic rings. The largest absolute Gasteiger partial charge is 0.276 e.